The summed E-state index contributed by atoms with van der Waals surface area (Å²) >= 11 is 0. The van der Waals surface area contributed by atoms with Crippen molar-refractivity contribution >= 4 is 5.91 Å². The third-order valence-corrected chi connectivity index (χ3v) is 5.16. The van der Waals surface area contributed by atoms with Gasteiger partial charge in [0.2, 0.25) is 5.91 Å². The van der Waals surface area contributed by atoms with Gasteiger partial charge in [-0.3, -0.25) is 4.79 Å². The number of aliphatic hydroxyl groups is 1. The molecule has 3 heteroatoms. The van der Waals surface area contributed by atoms with Crippen LogP contribution in [0.15, 0.2) is 48.5 Å². The number of benzene rings is 2. The molecule has 0 aromatic heterocycles. The van der Waals surface area contributed by atoms with Crippen LogP contribution in [0.4, 0.5) is 0 Å². The van der Waals surface area contributed by atoms with Crippen LogP contribution in [0.3, 0.4) is 0 Å². The molecule has 0 radical (unpaired) electrons. The lowest BCUT2D eigenvalue weighted by Gasteiger charge is -2.26. The van der Waals surface area contributed by atoms with Gasteiger partial charge in [0.15, 0.2) is 0 Å². The first-order chi connectivity index (χ1) is 11.2. The van der Waals surface area contributed by atoms with Crippen molar-refractivity contribution in [3.05, 3.63) is 59.7 Å². The topological polar surface area (TPSA) is 40.5 Å². The van der Waals surface area contributed by atoms with Gasteiger partial charge in [-0.15, -0.1) is 0 Å². The number of hydrogen-bond acceptors (Lipinski definition) is 2. The molecule has 1 saturated carbocycles. The second-order valence-electron chi connectivity index (χ2n) is 6.61. The van der Waals surface area contributed by atoms with Crippen LogP contribution in [0.2, 0.25) is 0 Å². The van der Waals surface area contributed by atoms with Gasteiger partial charge in [0.1, 0.15) is 0 Å². The van der Waals surface area contributed by atoms with E-state index in [1.165, 1.54) is 22.3 Å². The van der Waals surface area contributed by atoms with Crippen LogP contribution in [0, 0.1) is 5.92 Å². The van der Waals surface area contributed by atoms with Gasteiger partial charge < -0.3 is 10.0 Å². The Morgan fingerprint density at radius 1 is 0.913 bits per heavy atom. The molecule has 2 aromatic carbocycles. The maximum absolute atomic E-state index is 12.9. The normalized spacial score (nSPS) is 23.1. The number of rotatable bonds is 1. The van der Waals surface area contributed by atoms with Crippen LogP contribution < -0.4 is 0 Å². The zero-order chi connectivity index (χ0) is 15.8. The highest BCUT2D eigenvalue weighted by molar-refractivity contribution is 5.81. The summed E-state index contributed by atoms with van der Waals surface area (Å²) in [5.74, 6) is -0.131. The number of hydrogen-bond donors (Lipinski definition) is 1. The van der Waals surface area contributed by atoms with E-state index >= 15 is 0 Å². The fraction of sp³-hybridized carbons (Fsp3) is 0.350. The number of amides is 1. The number of aliphatic hydroxyl groups excluding tert-OH is 1. The third kappa shape index (κ3) is 2.55. The third-order valence-electron chi connectivity index (χ3n) is 5.16. The maximum atomic E-state index is 12.9. The Bertz CT molecular complexity index is 692. The smallest absolute Gasteiger partial charge is 0.228 e. The highest BCUT2D eigenvalue weighted by Gasteiger charge is 2.35. The van der Waals surface area contributed by atoms with Crippen molar-refractivity contribution in [2.75, 3.05) is 0 Å². The Kier molecular flexibility index (Phi) is 3.66. The quantitative estimate of drug-likeness (QED) is 0.877. The molecule has 1 fully saturated rings. The molecule has 1 aliphatic heterocycles. The zero-order valence-electron chi connectivity index (χ0n) is 13.1. The van der Waals surface area contributed by atoms with Gasteiger partial charge in [0.05, 0.1) is 12.0 Å². The molecule has 23 heavy (non-hydrogen) atoms. The Balaban J connectivity index is 1.74. The summed E-state index contributed by atoms with van der Waals surface area (Å²) < 4.78 is 0. The number of carbonyl (C=O) groups excluding carboxylic acids is 1. The van der Waals surface area contributed by atoms with Crippen molar-refractivity contribution in [1.29, 1.82) is 0 Å². The van der Waals surface area contributed by atoms with E-state index in [1.54, 1.807) is 0 Å². The molecule has 118 valence electrons. The first-order valence-electron chi connectivity index (χ1n) is 8.37. The molecule has 0 spiro atoms. The standard InChI is InChI=1S/C20H21NO2/c22-19-11-5-10-18(19)20(23)21-12-14-6-1-3-8-16(14)17-9-4-2-7-15(17)13-21/h1-4,6-9,18-19,22H,5,10-13H2. The minimum absolute atomic E-state index is 0.0986. The largest absolute Gasteiger partial charge is 0.392 e. The van der Waals surface area contributed by atoms with Gasteiger partial charge in [-0.25, -0.2) is 0 Å². The van der Waals surface area contributed by atoms with Crippen LogP contribution in [-0.4, -0.2) is 22.0 Å². The fourth-order valence-electron chi connectivity index (χ4n) is 3.93. The second kappa shape index (κ2) is 5.82. The Labute approximate surface area is 136 Å². The summed E-state index contributed by atoms with van der Waals surface area (Å²) in [6.07, 6.45) is 2.02. The summed E-state index contributed by atoms with van der Waals surface area (Å²) in [4.78, 5) is 14.9. The molecule has 1 N–H and O–H groups in total. The van der Waals surface area contributed by atoms with E-state index in [2.05, 4.69) is 24.3 Å². The summed E-state index contributed by atoms with van der Waals surface area (Å²) in [5, 5.41) is 10.1. The average molecular weight is 307 g/mol. The van der Waals surface area contributed by atoms with E-state index in [4.69, 9.17) is 0 Å². The second-order valence-corrected chi connectivity index (χ2v) is 6.61. The van der Waals surface area contributed by atoms with E-state index in [9.17, 15) is 9.90 Å². The molecule has 1 heterocycles. The van der Waals surface area contributed by atoms with Gasteiger partial charge in [-0.1, -0.05) is 48.5 Å². The van der Waals surface area contributed by atoms with Gasteiger partial charge >= 0.3 is 0 Å². The van der Waals surface area contributed by atoms with Gasteiger partial charge in [-0.2, -0.15) is 0 Å². The molecule has 4 rings (SSSR count). The predicted octanol–water partition coefficient (Wildman–Crippen LogP) is 3.36. The number of fused-ring (bicyclic) bond motifs is 3. The highest BCUT2D eigenvalue weighted by atomic mass is 16.3. The summed E-state index contributed by atoms with van der Waals surface area (Å²) in [6, 6.07) is 16.6. The highest BCUT2D eigenvalue weighted by Crippen LogP contribution is 2.34. The van der Waals surface area contributed by atoms with Gasteiger partial charge in [-0.05, 0) is 41.5 Å². The van der Waals surface area contributed by atoms with Crippen LogP contribution in [0.25, 0.3) is 11.1 Å². The number of nitrogens with zero attached hydrogens (tertiary/aromatic N) is 1. The molecule has 0 bridgehead atoms. The van der Waals surface area contributed by atoms with E-state index in [1.807, 2.05) is 29.2 Å². The average Bonchev–Trinajstić information content (AvgIpc) is 2.92. The van der Waals surface area contributed by atoms with Crippen molar-refractivity contribution in [2.24, 2.45) is 5.92 Å². The fourth-order valence-corrected chi connectivity index (χ4v) is 3.93. The summed E-state index contributed by atoms with van der Waals surface area (Å²) in [6.45, 7) is 1.24. The lowest BCUT2D eigenvalue weighted by atomic mass is 9.97. The van der Waals surface area contributed by atoms with Crippen molar-refractivity contribution in [3.63, 3.8) is 0 Å². The van der Waals surface area contributed by atoms with E-state index in [-0.39, 0.29) is 11.8 Å². The van der Waals surface area contributed by atoms with Crippen molar-refractivity contribution < 1.29 is 9.90 Å². The minimum Gasteiger partial charge on any atom is -0.392 e. The minimum atomic E-state index is -0.476. The predicted molar refractivity (Wildman–Crippen MR) is 89.5 cm³/mol. The molecule has 1 amide bonds. The molecule has 0 saturated heterocycles. The molecular formula is C20H21NO2. The molecule has 3 nitrogen and oxygen atoms in total. The van der Waals surface area contributed by atoms with Crippen LogP contribution >= 0.6 is 0 Å². The van der Waals surface area contributed by atoms with E-state index < -0.39 is 6.10 Å². The van der Waals surface area contributed by atoms with E-state index in [0.29, 0.717) is 13.1 Å². The monoisotopic (exact) mass is 307 g/mol. The molecule has 2 unspecified atom stereocenters. The lowest BCUT2D eigenvalue weighted by Crippen LogP contribution is -2.37. The Morgan fingerprint density at radius 2 is 1.48 bits per heavy atom. The van der Waals surface area contributed by atoms with Crippen molar-refractivity contribution in [1.82, 2.24) is 4.90 Å². The van der Waals surface area contributed by atoms with Crippen molar-refractivity contribution in [2.45, 2.75) is 38.5 Å². The number of carbonyl (C=O) groups is 1. The molecule has 2 aliphatic rings. The first-order valence-corrected chi connectivity index (χ1v) is 8.37. The van der Waals surface area contributed by atoms with Crippen molar-refractivity contribution in [3.8, 4) is 11.1 Å². The van der Waals surface area contributed by atoms with Crippen LogP contribution in [0.5, 0.6) is 0 Å². The van der Waals surface area contributed by atoms with Gasteiger partial charge in [0, 0.05) is 13.1 Å². The Morgan fingerprint density at radius 3 is 2.00 bits per heavy atom. The van der Waals surface area contributed by atoms with Crippen LogP contribution in [0.1, 0.15) is 30.4 Å². The summed E-state index contributed by atoms with van der Waals surface area (Å²) in [5.41, 5.74) is 4.78. The maximum Gasteiger partial charge on any atom is 0.228 e. The van der Waals surface area contributed by atoms with E-state index in [0.717, 1.165) is 19.3 Å². The zero-order valence-corrected chi connectivity index (χ0v) is 13.1. The first kappa shape index (κ1) is 14.5. The Hall–Kier alpha value is -2.13. The molecule has 2 atom stereocenters. The SMILES string of the molecule is O=C(C1CCCC1O)N1Cc2ccccc2-c2ccccc2C1. The molecular weight excluding hydrogens is 286 g/mol. The molecule has 2 aromatic rings. The van der Waals surface area contributed by atoms with Gasteiger partial charge in [0.25, 0.3) is 0 Å². The lowest BCUT2D eigenvalue weighted by molar-refractivity contribution is -0.139. The summed E-state index contributed by atoms with van der Waals surface area (Å²) in [7, 11) is 0. The van der Waals surface area contributed by atoms with Crippen LogP contribution in [-0.2, 0) is 17.9 Å². The molecule has 1 aliphatic carbocycles.